The molecule has 1 unspecified atom stereocenters. The number of carbonyl (C=O) groups excluding carboxylic acids is 2. The summed E-state index contributed by atoms with van der Waals surface area (Å²) in [6.07, 6.45) is 6.56. The first-order valence-corrected chi connectivity index (χ1v) is 17.8. The van der Waals surface area contributed by atoms with Crippen molar-refractivity contribution < 1.29 is 22.7 Å². The van der Waals surface area contributed by atoms with E-state index in [9.17, 15) is 18.0 Å². The fourth-order valence-electron chi connectivity index (χ4n) is 8.57. The third kappa shape index (κ3) is 4.60. The van der Waals surface area contributed by atoms with Gasteiger partial charge in [0.15, 0.2) is 0 Å². The van der Waals surface area contributed by atoms with Gasteiger partial charge in [-0.3, -0.25) is 14.5 Å². The zero-order valence-electron chi connectivity index (χ0n) is 26.0. The van der Waals surface area contributed by atoms with E-state index in [1.54, 1.807) is 13.2 Å². The van der Waals surface area contributed by atoms with Gasteiger partial charge in [-0.1, -0.05) is 25.3 Å². The second-order valence-electron chi connectivity index (χ2n) is 13.7. The molecule has 1 spiro atoms. The number of methoxy groups -OCH3 is 1. The fraction of sp³-hybridized carbons (Fsp3) is 0.529. The van der Waals surface area contributed by atoms with Crippen LogP contribution < -0.4 is 9.46 Å². The Balaban J connectivity index is 1.37. The highest BCUT2D eigenvalue weighted by atomic mass is 32.2. The number of hydrogen-bond donors (Lipinski definition) is 1. The van der Waals surface area contributed by atoms with Gasteiger partial charge < -0.3 is 14.2 Å². The maximum atomic E-state index is 14.6. The summed E-state index contributed by atoms with van der Waals surface area (Å²) in [6, 6.07) is 11.9. The van der Waals surface area contributed by atoms with Crippen LogP contribution in [0.1, 0.15) is 71.8 Å². The third-order valence-corrected chi connectivity index (χ3v) is 12.7. The highest BCUT2D eigenvalue weighted by molar-refractivity contribution is 7.87. The lowest BCUT2D eigenvalue weighted by Gasteiger charge is -2.37. The van der Waals surface area contributed by atoms with E-state index in [1.807, 2.05) is 23.1 Å². The van der Waals surface area contributed by atoms with Crippen molar-refractivity contribution in [2.75, 3.05) is 53.4 Å². The van der Waals surface area contributed by atoms with Gasteiger partial charge in [0.2, 0.25) is 5.91 Å². The Morgan fingerprint density at radius 1 is 0.933 bits per heavy atom. The van der Waals surface area contributed by atoms with Crippen LogP contribution in [-0.4, -0.2) is 92.3 Å². The molecule has 6 bridgehead atoms. The van der Waals surface area contributed by atoms with Crippen LogP contribution in [0.3, 0.4) is 0 Å². The predicted molar refractivity (Wildman–Crippen MR) is 172 cm³/mol. The van der Waals surface area contributed by atoms with Crippen molar-refractivity contribution in [1.29, 1.82) is 0 Å². The largest absolute Gasteiger partial charge is 0.497 e. The Hall–Kier alpha value is -3.41. The number of nitrogens with one attached hydrogen (secondary N) is 1. The summed E-state index contributed by atoms with van der Waals surface area (Å²) < 4.78 is 37.9. The molecular weight excluding hydrogens is 590 g/mol. The molecule has 11 heteroatoms. The zero-order valence-corrected chi connectivity index (χ0v) is 26.9. The molecule has 1 N–H and O–H groups in total. The minimum Gasteiger partial charge on any atom is -0.497 e. The Morgan fingerprint density at radius 3 is 2.44 bits per heavy atom. The lowest BCUT2D eigenvalue weighted by molar-refractivity contribution is -0.139. The molecule has 4 aliphatic heterocycles. The van der Waals surface area contributed by atoms with Crippen molar-refractivity contribution in [1.82, 2.24) is 23.4 Å². The van der Waals surface area contributed by atoms with Crippen LogP contribution in [-0.2, 0) is 21.5 Å². The van der Waals surface area contributed by atoms with Crippen molar-refractivity contribution in [3.05, 3.63) is 53.1 Å². The second-order valence-corrected chi connectivity index (χ2v) is 15.5. The number of carbonyl (C=O) groups is 2. The second kappa shape index (κ2) is 10.6. The number of aromatic nitrogens is 1. The Bertz CT molecular complexity index is 1820. The number of piperazine rings is 1. The summed E-state index contributed by atoms with van der Waals surface area (Å²) in [4.78, 5) is 32.4. The van der Waals surface area contributed by atoms with E-state index >= 15 is 0 Å². The number of nitrogens with zero attached hydrogens (tertiary/aromatic N) is 4. The topological polar surface area (TPSA) is 104 Å². The molecule has 238 valence electrons. The molecule has 3 aromatic rings. The SMILES string of the molecule is COc1ccc2c(c1)[C@H]1CC13Cn1c-2c(C2CCCCC2)c2ccc(cc21)C(=O)NS(=O)(=O)N(C)CCN1CCN(CC1)C3=O. The first-order chi connectivity index (χ1) is 21.7. The smallest absolute Gasteiger partial charge is 0.303 e. The van der Waals surface area contributed by atoms with Crippen LogP contribution in [0, 0.1) is 5.41 Å². The van der Waals surface area contributed by atoms with Gasteiger partial charge in [-0.15, -0.1) is 0 Å². The third-order valence-electron chi connectivity index (χ3n) is 11.2. The highest BCUT2D eigenvalue weighted by Gasteiger charge is 2.64. The van der Waals surface area contributed by atoms with Crippen molar-refractivity contribution in [3.8, 4) is 17.0 Å². The summed E-state index contributed by atoms with van der Waals surface area (Å²) in [5.74, 6) is 0.790. The van der Waals surface area contributed by atoms with E-state index in [1.165, 1.54) is 41.7 Å². The van der Waals surface area contributed by atoms with Crippen molar-refractivity contribution >= 4 is 32.9 Å². The highest BCUT2D eigenvalue weighted by Crippen LogP contribution is 2.66. The van der Waals surface area contributed by atoms with E-state index in [0.29, 0.717) is 50.7 Å². The molecule has 2 aliphatic carbocycles. The first kappa shape index (κ1) is 29.0. The molecule has 10 nitrogen and oxygen atoms in total. The average molecular weight is 632 g/mol. The number of hydrogen-bond acceptors (Lipinski definition) is 6. The lowest BCUT2D eigenvalue weighted by atomic mass is 9.81. The molecular formula is C34H41N5O5S. The van der Waals surface area contributed by atoms with Crippen molar-refractivity contribution in [3.63, 3.8) is 0 Å². The van der Waals surface area contributed by atoms with Gasteiger partial charge in [0.05, 0.1) is 18.2 Å². The molecule has 2 atom stereocenters. The van der Waals surface area contributed by atoms with E-state index in [0.717, 1.165) is 47.2 Å². The quantitative estimate of drug-likeness (QED) is 0.460. The average Bonchev–Trinajstić information content (AvgIpc) is 3.72. The Kier molecular flexibility index (Phi) is 6.82. The van der Waals surface area contributed by atoms with Crippen molar-refractivity contribution in [2.24, 2.45) is 5.41 Å². The van der Waals surface area contributed by atoms with E-state index in [4.69, 9.17) is 4.74 Å². The van der Waals surface area contributed by atoms with Gasteiger partial charge in [-0.05, 0) is 66.6 Å². The molecule has 0 radical (unpaired) electrons. The van der Waals surface area contributed by atoms with Gasteiger partial charge in [-0.25, -0.2) is 4.72 Å². The summed E-state index contributed by atoms with van der Waals surface area (Å²) in [7, 11) is -0.850. The van der Waals surface area contributed by atoms with Crippen LogP contribution in [0.25, 0.3) is 22.2 Å². The van der Waals surface area contributed by atoms with Crippen LogP contribution in [0.15, 0.2) is 36.4 Å². The van der Waals surface area contributed by atoms with Crippen LogP contribution in [0.5, 0.6) is 5.75 Å². The monoisotopic (exact) mass is 631 g/mol. The number of amides is 2. The number of ether oxygens (including phenoxy) is 1. The number of rotatable bonds is 2. The summed E-state index contributed by atoms with van der Waals surface area (Å²) in [5, 5.41) is 1.09. The van der Waals surface area contributed by atoms with E-state index in [-0.39, 0.29) is 18.4 Å². The standard InChI is InChI=1S/C34H41N5O5S/c1-36-12-13-37-14-16-38(17-15-37)33(41)34-20-28(34)27-19-24(44-2)9-11-25(27)31-30(22-6-4-3-5-7-22)26-10-8-23(18-29(26)39(31)21-34)32(40)35-45(36,42)43/h8-11,18-19,22,28H,3-7,12-17,20-21H2,1-2H3,(H,35,40)/t28-,34?/m1/s1. The van der Waals surface area contributed by atoms with Crippen LogP contribution >= 0.6 is 0 Å². The molecule has 1 saturated heterocycles. The molecule has 1 aromatic heterocycles. The van der Waals surface area contributed by atoms with Gasteiger partial charge in [0.1, 0.15) is 5.75 Å². The zero-order chi connectivity index (χ0) is 31.1. The number of benzene rings is 2. The van der Waals surface area contributed by atoms with Crippen molar-refractivity contribution in [2.45, 2.75) is 56.9 Å². The summed E-state index contributed by atoms with van der Waals surface area (Å²) in [5.41, 5.74) is 5.34. The Morgan fingerprint density at radius 2 is 1.69 bits per heavy atom. The van der Waals surface area contributed by atoms with Gasteiger partial charge in [0, 0.05) is 80.8 Å². The summed E-state index contributed by atoms with van der Waals surface area (Å²) >= 11 is 0. The lowest BCUT2D eigenvalue weighted by Crippen LogP contribution is -2.53. The first-order valence-electron chi connectivity index (χ1n) is 16.3. The maximum Gasteiger partial charge on any atom is 0.303 e. The van der Waals surface area contributed by atoms with Crippen LogP contribution in [0.2, 0.25) is 0 Å². The maximum absolute atomic E-state index is 14.6. The molecule has 2 saturated carbocycles. The summed E-state index contributed by atoms with van der Waals surface area (Å²) in [6.45, 7) is 3.89. The minimum absolute atomic E-state index is 0.0784. The van der Waals surface area contributed by atoms with E-state index in [2.05, 4.69) is 26.3 Å². The predicted octanol–water partition coefficient (Wildman–Crippen LogP) is 3.92. The molecule has 9 rings (SSSR count). The van der Waals surface area contributed by atoms with E-state index < -0.39 is 21.5 Å². The number of fused-ring (bicyclic) bond motifs is 10. The molecule has 6 aliphatic rings. The molecule has 5 heterocycles. The molecule has 2 aromatic carbocycles. The minimum atomic E-state index is -4.03. The van der Waals surface area contributed by atoms with Crippen LogP contribution in [0.4, 0.5) is 0 Å². The fourth-order valence-corrected chi connectivity index (χ4v) is 9.40. The van der Waals surface area contributed by atoms with Gasteiger partial charge >= 0.3 is 10.2 Å². The molecule has 3 fully saturated rings. The van der Waals surface area contributed by atoms with Gasteiger partial charge in [-0.2, -0.15) is 12.7 Å². The van der Waals surface area contributed by atoms with Gasteiger partial charge in [0.25, 0.3) is 5.91 Å². The molecule has 45 heavy (non-hydrogen) atoms. The number of likely N-dealkylation sites (N-methyl/N-ethyl adjacent to an activating group) is 1. The Labute approximate surface area is 264 Å². The molecule has 2 amide bonds. The normalized spacial score (nSPS) is 27.2.